The lowest BCUT2D eigenvalue weighted by molar-refractivity contribution is 0.281. The molecular formula is C64H50B2N2O. The van der Waals surface area contributed by atoms with Crippen LogP contribution in [0.3, 0.4) is 0 Å². The van der Waals surface area contributed by atoms with Gasteiger partial charge in [0.2, 0.25) is 13.4 Å². The molecule has 8 aromatic carbocycles. The normalized spacial score (nSPS) is 22.6. The summed E-state index contributed by atoms with van der Waals surface area (Å²) in [6, 6.07) is 72.6. The summed E-state index contributed by atoms with van der Waals surface area (Å²) in [4.78, 5) is 4.81. The maximum absolute atomic E-state index is 6.38. The Morgan fingerprint density at radius 2 is 0.739 bits per heavy atom. The first kappa shape index (κ1) is 40.3. The molecule has 1 spiro atoms. The molecule has 0 bridgehead atoms. The van der Waals surface area contributed by atoms with Crippen molar-refractivity contribution in [1.82, 2.24) is 0 Å². The number of hydrogen-bond donors (Lipinski definition) is 0. The summed E-state index contributed by atoms with van der Waals surface area (Å²) in [5, 5.41) is 0. The summed E-state index contributed by atoms with van der Waals surface area (Å²) < 4.78 is 6.38. The van der Waals surface area contributed by atoms with Crippen LogP contribution in [0, 0.1) is 11.8 Å². The Balaban J connectivity index is 0.886. The highest BCUT2D eigenvalue weighted by Gasteiger charge is 2.61. The van der Waals surface area contributed by atoms with Gasteiger partial charge in [0.15, 0.2) is 11.5 Å². The fourth-order valence-corrected chi connectivity index (χ4v) is 14.0. The number of para-hydroxylation sites is 6. The van der Waals surface area contributed by atoms with E-state index in [1.54, 1.807) is 0 Å². The number of anilines is 6. The molecule has 0 radical (unpaired) electrons. The van der Waals surface area contributed by atoms with Crippen LogP contribution in [0.25, 0.3) is 0 Å². The van der Waals surface area contributed by atoms with Crippen molar-refractivity contribution in [3.8, 4) is 11.5 Å². The van der Waals surface area contributed by atoms with Gasteiger partial charge in [0.25, 0.3) is 0 Å². The van der Waals surface area contributed by atoms with E-state index in [2.05, 4.69) is 254 Å². The molecule has 5 heteroatoms. The Labute approximate surface area is 406 Å². The third-order valence-electron chi connectivity index (χ3n) is 16.7. The Bertz CT molecular complexity index is 3380. The van der Waals surface area contributed by atoms with Crippen molar-refractivity contribution in [3.05, 3.63) is 265 Å². The topological polar surface area (TPSA) is 15.7 Å². The predicted molar refractivity (Wildman–Crippen MR) is 289 cm³/mol. The molecule has 5 atom stereocenters. The van der Waals surface area contributed by atoms with Crippen molar-refractivity contribution in [2.45, 2.75) is 36.3 Å². The maximum atomic E-state index is 6.38. The number of allylic oxidation sites excluding steroid dienone is 8. The molecule has 5 unspecified atom stereocenters. The molecule has 69 heavy (non-hydrogen) atoms. The number of benzene rings is 8. The number of fused-ring (bicyclic) bond motifs is 12. The largest absolute Gasteiger partial charge is 0.453 e. The molecule has 0 saturated carbocycles. The van der Waals surface area contributed by atoms with Crippen LogP contribution in [-0.2, 0) is 10.8 Å². The first-order valence-electron chi connectivity index (χ1n) is 24.8. The van der Waals surface area contributed by atoms with Crippen LogP contribution < -0.4 is 36.4 Å². The van der Waals surface area contributed by atoms with Crippen molar-refractivity contribution in [2.24, 2.45) is 11.8 Å². The fourth-order valence-electron chi connectivity index (χ4n) is 14.0. The van der Waals surface area contributed by atoms with Crippen LogP contribution in [0.5, 0.6) is 11.5 Å². The van der Waals surface area contributed by atoms with Gasteiger partial charge in [0.1, 0.15) is 0 Å². The third-order valence-corrected chi connectivity index (χ3v) is 16.7. The Kier molecular flexibility index (Phi) is 8.99. The second-order valence-corrected chi connectivity index (χ2v) is 20.3. The Hall–Kier alpha value is -7.75. The lowest BCUT2D eigenvalue weighted by Crippen LogP contribution is -2.67. The highest BCUT2D eigenvalue weighted by molar-refractivity contribution is 6.88. The van der Waals surface area contributed by atoms with Crippen LogP contribution in [0.4, 0.5) is 34.1 Å². The zero-order valence-electron chi connectivity index (χ0n) is 38.9. The minimum atomic E-state index is -0.298. The summed E-state index contributed by atoms with van der Waals surface area (Å²) in [6.07, 6.45) is 19.5. The predicted octanol–water partition coefficient (Wildman–Crippen LogP) is 13.1. The molecular weight excluding hydrogens is 834 g/mol. The first-order chi connectivity index (χ1) is 34.0. The van der Waals surface area contributed by atoms with Crippen molar-refractivity contribution in [3.63, 3.8) is 0 Å². The lowest BCUT2D eigenvalue weighted by atomic mass is 9.19. The van der Waals surface area contributed by atoms with Gasteiger partial charge in [-0.1, -0.05) is 218 Å². The monoisotopic (exact) mass is 884 g/mol. The zero-order valence-corrected chi connectivity index (χ0v) is 38.9. The summed E-state index contributed by atoms with van der Waals surface area (Å²) in [7, 11) is 0. The van der Waals surface area contributed by atoms with E-state index in [0.29, 0.717) is 0 Å². The van der Waals surface area contributed by atoms with E-state index in [4.69, 9.17) is 4.74 Å². The summed E-state index contributed by atoms with van der Waals surface area (Å²) in [6.45, 7) is 5.07. The second-order valence-electron chi connectivity index (χ2n) is 20.3. The lowest BCUT2D eigenvalue weighted by Gasteiger charge is -2.59. The molecule has 0 N–H and O–H groups in total. The zero-order chi connectivity index (χ0) is 45.8. The van der Waals surface area contributed by atoms with E-state index in [1.807, 2.05) is 12.1 Å². The van der Waals surface area contributed by atoms with Gasteiger partial charge in [-0.2, -0.15) is 0 Å². The van der Waals surface area contributed by atoms with Gasteiger partial charge in [-0.05, 0) is 106 Å². The van der Waals surface area contributed by atoms with Gasteiger partial charge in [0.05, 0.1) is 22.7 Å². The van der Waals surface area contributed by atoms with Crippen LogP contribution in [0.2, 0.25) is 11.6 Å². The van der Waals surface area contributed by atoms with Crippen molar-refractivity contribution >= 4 is 69.4 Å². The van der Waals surface area contributed by atoms with E-state index in [-0.39, 0.29) is 47.7 Å². The SMILES string of the molecule is CC1(C)c2ccccc2N(c2ccc(B3c4ccccc4C4(c5ccccc5B(c5ccc(N6c7ccccc7Oc7ccccc76)cc5)C5C=CC=CC54)C4C=CC=CC34)cc2)c2ccccc21. The first-order valence-corrected chi connectivity index (χ1v) is 24.8. The minimum Gasteiger partial charge on any atom is -0.453 e. The molecule has 328 valence electrons. The molecule has 0 amide bonds. The molecule has 14 rings (SSSR count). The van der Waals surface area contributed by atoms with Crippen LogP contribution in [0.15, 0.2) is 243 Å². The van der Waals surface area contributed by atoms with Gasteiger partial charge in [-0.15, -0.1) is 0 Å². The van der Waals surface area contributed by atoms with Crippen molar-refractivity contribution in [1.29, 1.82) is 0 Å². The summed E-state index contributed by atoms with van der Waals surface area (Å²) >= 11 is 0. The highest BCUT2D eigenvalue weighted by Crippen LogP contribution is 2.61. The van der Waals surface area contributed by atoms with E-state index in [0.717, 1.165) is 28.6 Å². The van der Waals surface area contributed by atoms with Crippen LogP contribution in [0.1, 0.15) is 36.1 Å². The Morgan fingerprint density at radius 1 is 0.377 bits per heavy atom. The number of rotatable bonds is 4. The van der Waals surface area contributed by atoms with Gasteiger partial charge in [-0.25, -0.2) is 0 Å². The van der Waals surface area contributed by atoms with Gasteiger partial charge < -0.3 is 14.5 Å². The molecule has 4 heterocycles. The smallest absolute Gasteiger partial charge is 0.217 e. The molecule has 2 aliphatic carbocycles. The molecule has 0 saturated heterocycles. The van der Waals surface area contributed by atoms with Gasteiger partial charge >= 0.3 is 0 Å². The standard InChI is InChI=1S/C64H50B2N2O/c1-63(2)51-23-7-13-29-57(51)67(58-30-14-8-24-52(58)63)45-39-35-43(36-40-45)65-53-25-9-3-19-47(53)64(48-20-4-10-26-54(48)65)49-21-5-11-27-55(49)66(56-28-12-6-22-50(56)64)44-37-41-46(42-38-44)68-59-31-15-17-33-61(59)69-62-34-18-16-32-60(62)68/h3-42,47,49,53,55H,1-2H3. The maximum Gasteiger partial charge on any atom is 0.217 e. The van der Waals surface area contributed by atoms with Gasteiger partial charge in [0, 0.05) is 22.2 Å². The quantitative estimate of drug-likeness (QED) is 0.164. The van der Waals surface area contributed by atoms with E-state index in [9.17, 15) is 0 Å². The molecule has 6 aliphatic rings. The second kappa shape index (κ2) is 15.4. The average molecular weight is 885 g/mol. The molecule has 0 aromatic heterocycles. The van der Waals surface area contributed by atoms with E-state index < -0.39 is 0 Å². The third kappa shape index (κ3) is 5.77. The number of hydrogen-bond acceptors (Lipinski definition) is 3. The fraction of sp³-hybridized carbons (Fsp3) is 0.125. The number of ether oxygens (including phenoxy) is 1. The van der Waals surface area contributed by atoms with Gasteiger partial charge in [-0.3, -0.25) is 0 Å². The van der Waals surface area contributed by atoms with E-state index >= 15 is 0 Å². The van der Waals surface area contributed by atoms with Crippen LogP contribution in [-0.4, -0.2) is 13.4 Å². The molecule has 3 nitrogen and oxygen atoms in total. The average Bonchev–Trinajstić information content (AvgIpc) is 3.41. The van der Waals surface area contributed by atoms with E-state index in [1.165, 1.54) is 61.2 Å². The van der Waals surface area contributed by atoms with Crippen molar-refractivity contribution < 1.29 is 4.74 Å². The number of nitrogens with zero attached hydrogens (tertiary/aromatic N) is 2. The molecule has 8 aromatic rings. The van der Waals surface area contributed by atoms with Crippen molar-refractivity contribution in [2.75, 3.05) is 9.80 Å². The summed E-state index contributed by atoms with van der Waals surface area (Å²) in [5.74, 6) is 2.66. The highest BCUT2D eigenvalue weighted by atomic mass is 16.5. The molecule has 4 aliphatic heterocycles. The summed E-state index contributed by atoms with van der Waals surface area (Å²) in [5.41, 5.74) is 17.7. The molecule has 0 fully saturated rings. The Morgan fingerprint density at radius 3 is 1.20 bits per heavy atom. The minimum absolute atomic E-state index is 0.101. The van der Waals surface area contributed by atoms with Crippen LogP contribution >= 0.6 is 0 Å².